The van der Waals surface area contributed by atoms with E-state index in [1.165, 1.54) is 0 Å². The van der Waals surface area contributed by atoms with Crippen molar-refractivity contribution in [1.82, 2.24) is 16.0 Å². The third-order valence-corrected chi connectivity index (χ3v) is 4.63. The van der Waals surface area contributed by atoms with Gasteiger partial charge in [0.1, 0.15) is 18.1 Å². The number of carboxylic acid groups (broad SMARTS) is 2. The van der Waals surface area contributed by atoms with Gasteiger partial charge in [0.25, 0.3) is 0 Å². The fraction of sp³-hybridized carbons (Fsp3) is 0.667. The average molecular weight is 461 g/mol. The van der Waals surface area contributed by atoms with E-state index in [4.69, 9.17) is 16.6 Å². The summed E-state index contributed by atoms with van der Waals surface area (Å²) in [6.07, 6.45) is -0.844. The molecule has 5 atom stereocenters. The summed E-state index contributed by atoms with van der Waals surface area (Å²) >= 11 is 0. The van der Waals surface area contributed by atoms with Crippen molar-refractivity contribution in [3.63, 3.8) is 0 Å². The highest BCUT2D eigenvalue weighted by atomic mass is 16.4. The maximum atomic E-state index is 12.7. The Morgan fingerprint density at radius 3 is 1.91 bits per heavy atom. The monoisotopic (exact) mass is 461 g/mol. The lowest BCUT2D eigenvalue weighted by Crippen LogP contribution is -2.59. The van der Waals surface area contributed by atoms with E-state index in [0.29, 0.717) is 6.42 Å². The highest BCUT2D eigenvalue weighted by molar-refractivity contribution is 5.95. The summed E-state index contributed by atoms with van der Waals surface area (Å²) in [5.41, 5.74) is 10.4. The molecule has 0 aliphatic rings. The summed E-state index contributed by atoms with van der Waals surface area (Å²) < 4.78 is 0. The molecule has 0 radical (unpaired) electrons. The molecule has 0 aromatic carbocycles. The molecule has 32 heavy (non-hydrogen) atoms. The van der Waals surface area contributed by atoms with Crippen molar-refractivity contribution in [3.05, 3.63) is 0 Å². The summed E-state index contributed by atoms with van der Waals surface area (Å²) in [5, 5.41) is 34.0. The zero-order valence-corrected chi connectivity index (χ0v) is 17.9. The van der Waals surface area contributed by atoms with Crippen LogP contribution in [-0.2, 0) is 28.8 Å². The van der Waals surface area contributed by atoms with Crippen LogP contribution in [0.4, 0.5) is 0 Å². The molecule has 0 fully saturated rings. The van der Waals surface area contributed by atoms with Crippen LogP contribution in [0.5, 0.6) is 0 Å². The van der Waals surface area contributed by atoms with Crippen LogP contribution in [0.25, 0.3) is 0 Å². The number of nitrogens with one attached hydrogen (secondary N) is 3. The van der Waals surface area contributed by atoms with E-state index in [1.807, 2.05) is 0 Å². The molecule has 14 heteroatoms. The summed E-state index contributed by atoms with van der Waals surface area (Å²) in [6, 6.07) is -5.67. The molecule has 0 aromatic rings. The SMILES string of the molecule is CCC(C)C(NC(=O)C(CO)NC(=O)C(N)CC(=O)O)C(=O)NC(CCC(N)=O)C(=O)O. The minimum Gasteiger partial charge on any atom is -0.481 e. The van der Waals surface area contributed by atoms with Crippen molar-refractivity contribution < 1.29 is 44.1 Å². The van der Waals surface area contributed by atoms with E-state index in [-0.39, 0.29) is 12.8 Å². The van der Waals surface area contributed by atoms with Gasteiger partial charge < -0.3 is 42.7 Å². The quantitative estimate of drug-likeness (QED) is 0.120. The van der Waals surface area contributed by atoms with Crippen LogP contribution >= 0.6 is 0 Å². The number of carbonyl (C=O) groups is 6. The van der Waals surface area contributed by atoms with Crippen molar-refractivity contribution in [1.29, 1.82) is 0 Å². The number of carbonyl (C=O) groups excluding carboxylic acids is 4. The van der Waals surface area contributed by atoms with Gasteiger partial charge in [-0.3, -0.25) is 24.0 Å². The Morgan fingerprint density at radius 2 is 1.47 bits per heavy atom. The van der Waals surface area contributed by atoms with Gasteiger partial charge in [0, 0.05) is 6.42 Å². The van der Waals surface area contributed by atoms with Crippen molar-refractivity contribution in [2.24, 2.45) is 17.4 Å². The van der Waals surface area contributed by atoms with Crippen LogP contribution < -0.4 is 27.4 Å². The number of primary amides is 1. The fourth-order valence-electron chi connectivity index (χ4n) is 2.51. The van der Waals surface area contributed by atoms with Crippen LogP contribution in [0.2, 0.25) is 0 Å². The predicted octanol–water partition coefficient (Wildman–Crippen LogP) is -3.37. The largest absolute Gasteiger partial charge is 0.481 e. The molecule has 5 unspecified atom stereocenters. The molecule has 0 saturated heterocycles. The first-order chi connectivity index (χ1) is 14.8. The van der Waals surface area contributed by atoms with Crippen LogP contribution in [0.15, 0.2) is 0 Å². The molecule has 0 spiro atoms. The minimum absolute atomic E-state index is 0.256. The van der Waals surface area contributed by atoms with Crippen LogP contribution in [0.1, 0.15) is 39.5 Å². The molecule has 0 aliphatic heterocycles. The Kier molecular flexibility index (Phi) is 12.5. The molecule has 182 valence electrons. The molecule has 4 amide bonds. The number of nitrogens with two attached hydrogens (primary N) is 2. The Labute approximate surface area is 184 Å². The lowest BCUT2D eigenvalue weighted by molar-refractivity contribution is -0.143. The Bertz CT molecular complexity index is 715. The van der Waals surface area contributed by atoms with Gasteiger partial charge in [-0.05, 0) is 12.3 Å². The Hall–Kier alpha value is -3.26. The van der Waals surface area contributed by atoms with E-state index >= 15 is 0 Å². The van der Waals surface area contributed by atoms with Gasteiger partial charge in [0.2, 0.25) is 23.6 Å². The number of hydrogen-bond donors (Lipinski definition) is 8. The topological polar surface area (TPSA) is 251 Å². The van der Waals surface area contributed by atoms with Crippen molar-refractivity contribution in [2.45, 2.75) is 63.7 Å². The zero-order chi connectivity index (χ0) is 25.0. The maximum absolute atomic E-state index is 12.7. The molecule has 0 bridgehead atoms. The summed E-state index contributed by atoms with van der Waals surface area (Å²) in [6.45, 7) is 2.46. The second kappa shape index (κ2) is 13.9. The third kappa shape index (κ3) is 10.2. The lowest BCUT2D eigenvalue weighted by Gasteiger charge is -2.27. The first-order valence-corrected chi connectivity index (χ1v) is 9.84. The minimum atomic E-state index is -1.54. The van der Waals surface area contributed by atoms with Crippen molar-refractivity contribution >= 4 is 35.6 Å². The fourth-order valence-corrected chi connectivity index (χ4v) is 2.51. The number of aliphatic carboxylic acids is 2. The standard InChI is InChI=1S/C18H31N5O9/c1-3-8(2)14(17(30)21-10(18(31)32)4-5-12(20)25)23-16(29)11(7-24)22-15(28)9(19)6-13(26)27/h8-11,14,24H,3-7,19H2,1-2H3,(H2,20,25)(H,21,30)(H,22,28)(H,23,29)(H,26,27)(H,31,32). The van der Waals surface area contributed by atoms with E-state index in [0.717, 1.165) is 0 Å². The molecule has 0 heterocycles. The average Bonchev–Trinajstić information content (AvgIpc) is 2.70. The summed E-state index contributed by atoms with van der Waals surface area (Å²) in [4.78, 5) is 70.0. The van der Waals surface area contributed by atoms with Crippen LogP contribution in [0.3, 0.4) is 0 Å². The van der Waals surface area contributed by atoms with Crippen LogP contribution in [-0.4, -0.2) is 81.7 Å². The number of aliphatic hydroxyl groups is 1. The van der Waals surface area contributed by atoms with Crippen molar-refractivity contribution in [3.8, 4) is 0 Å². The first kappa shape index (κ1) is 28.7. The molecule has 0 saturated carbocycles. The van der Waals surface area contributed by atoms with Gasteiger partial charge in [0.05, 0.1) is 19.1 Å². The molecule has 0 rings (SSSR count). The Morgan fingerprint density at radius 1 is 0.906 bits per heavy atom. The number of aliphatic hydroxyl groups excluding tert-OH is 1. The van der Waals surface area contributed by atoms with Crippen molar-refractivity contribution in [2.75, 3.05) is 6.61 Å². The normalized spacial score (nSPS) is 15.4. The smallest absolute Gasteiger partial charge is 0.326 e. The van der Waals surface area contributed by atoms with E-state index in [2.05, 4.69) is 16.0 Å². The number of hydrogen-bond acceptors (Lipinski definition) is 8. The molecule has 0 aromatic heterocycles. The number of carboxylic acids is 2. The summed E-state index contributed by atoms with van der Waals surface area (Å²) in [5.74, 6) is -6.78. The van der Waals surface area contributed by atoms with E-state index in [1.54, 1.807) is 13.8 Å². The highest BCUT2D eigenvalue weighted by Crippen LogP contribution is 2.10. The predicted molar refractivity (Wildman–Crippen MR) is 109 cm³/mol. The van der Waals surface area contributed by atoms with E-state index < -0.39 is 78.7 Å². The van der Waals surface area contributed by atoms with Gasteiger partial charge in [-0.1, -0.05) is 20.3 Å². The number of amides is 4. The lowest BCUT2D eigenvalue weighted by atomic mass is 9.97. The molecule has 0 aliphatic carbocycles. The molecule has 14 nitrogen and oxygen atoms in total. The van der Waals surface area contributed by atoms with E-state index in [9.17, 15) is 39.0 Å². The van der Waals surface area contributed by atoms with Gasteiger partial charge in [0.15, 0.2) is 0 Å². The first-order valence-electron chi connectivity index (χ1n) is 9.84. The third-order valence-electron chi connectivity index (χ3n) is 4.63. The molecular formula is C18H31N5O9. The number of rotatable bonds is 15. The second-order valence-corrected chi connectivity index (χ2v) is 7.22. The molecule has 10 N–H and O–H groups in total. The van der Waals surface area contributed by atoms with Gasteiger partial charge >= 0.3 is 11.9 Å². The summed E-state index contributed by atoms with van der Waals surface area (Å²) in [7, 11) is 0. The Balaban J connectivity index is 5.33. The maximum Gasteiger partial charge on any atom is 0.326 e. The highest BCUT2D eigenvalue weighted by Gasteiger charge is 2.32. The zero-order valence-electron chi connectivity index (χ0n) is 17.9. The van der Waals surface area contributed by atoms with Gasteiger partial charge in [-0.2, -0.15) is 0 Å². The van der Waals surface area contributed by atoms with Gasteiger partial charge in [-0.15, -0.1) is 0 Å². The van der Waals surface area contributed by atoms with Crippen LogP contribution in [0, 0.1) is 5.92 Å². The van der Waals surface area contributed by atoms with Gasteiger partial charge in [-0.25, -0.2) is 4.79 Å². The second-order valence-electron chi connectivity index (χ2n) is 7.22. The molecular weight excluding hydrogens is 430 g/mol.